The normalized spacial score (nSPS) is 25.0. The van der Waals surface area contributed by atoms with E-state index in [0.29, 0.717) is 5.92 Å². The highest BCUT2D eigenvalue weighted by Gasteiger charge is 2.49. The molecule has 0 saturated carbocycles. The highest BCUT2D eigenvalue weighted by atomic mass is 16.3. The van der Waals surface area contributed by atoms with E-state index < -0.39 is 11.7 Å². The summed E-state index contributed by atoms with van der Waals surface area (Å²) in [5, 5.41) is 22.7. The van der Waals surface area contributed by atoms with Gasteiger partial charge in [-0.1, -0.05) is 77.4 Å². The average Bonchev–Trinajstić information content (AvgIpc) is 2.59. The molecule has 3 unspecified atom stereocenters. The van der Waals surface area contributed by atoms with Gasteiger partial charge in [0.05, 0.1) is 6.10 Å². The van der Waals surface area contributed by atoms with Crippen LogP contribution in [0.25, 0.3) is 5.57 Å². The Labute approximate surface area is 159 Å². The smallest absolute Gasteiger partial charge is 0.122 e. The molecule has 2 nitrogen and oxygen atoms in total. The van der Waals surface area contributed by atoms with Crippen molar-refractivity contribution in [3.63, 3.8) is 0 Å². The van der Waals surface area contributed by atoms with Crippen LogP contribution in [0, 0.1) is 17.8 Å². The highest BCUT2D eigenvalue weighted by Crippen LogP contribution is 2.50. The van der Waals surface area contributed by atoms with Crippen molar-refractivity contribution in [2.45, 2.75) is 72.5 Å². The molecular formula is C24H36O2. The minimum absolute atomic E-state index is 0.111. The van der Waals surface area contributed by atoms with Gasteiger partial charge >= 0.3 is 0 Å². The Morgan fingerprint density at radius 2 is 1.65 bits per heavy atom. The van der Waals surface area contributed by atoms with E-state index in [9.17, 15) is 10.2 Å². The van der Waals surface area contributed by atoms with Crippen molar-refractivity contribution in [3.8, 4) is 0 Å². The Morgan fingerprint density at radius 3 is 2.12 bits per heavy atom. The summed E-state index contributed by atoms with van der Waals surface area (Å²) in [6.45, 7) is 12.6. The molecule has 0 amide bonds. The molecule has 0 saturated heterocycles. The Balaban J connectivity index is 2.82. The van der Waals surface area contributed by atoms with Gasteiger partial charge in [0.1, 0.15) is 5.60 Å². The zero-order valence-corrected chi connectivity index (χ0v) is 17.3. The first-order chi connectivity index (χ1) is 12.2. The van der Waals surface area contributed by atoms with E-state index in [0.717, 1.165) is 30.4 Å². The number of hydrogen-bond acceptors (Lipinski definition) is 2. The lowest BCUT2D eigenvalue weighted by Gasteiger charge is -2.46. The molecule has 26 heavy (non-hydrogen) atoms. The van der Waals surface area contributed by atoms with E-state index in [4.69, 9.17) is 0 Å². The van der Waals surface area contributed by atoms with Crippen molar-refractivity contribution >= 4 is 5.57 Å². The van der Waals surface area contributed by atoms with E-state index >= 15 is 0 Å². The van der Waals surface area contributed by atoms with Gasteiger partial charge in [0.2, 0.25) is 0 Å². The molecule has 0 spiro atoms. The molecule has 1 aliphatic rings. The van der Waals surface area contributed by atoms with Gasteiger partial charge in [-0.05, 0) is 53.9 Å². The molecule has 0 fully saturated rings. The largest absolute Gasteiger partial charge is 0.390 e. The van der Waals surface area contributed by atoms with Crippen molar-refractivity contribution in [3.05, 3.63) is 53.1 Å². The minimum Gasteiger partial charge on any atom is -0.390 e. The third kappa shape index (κ3) is 3.82. The Morgan fingerprint density at radius 1 is 1.04 bits per heavy atom. The van der Waals surface area contributed by atoms with Gasteiger partial charge in [0, 0.05) is 5.92 Å². The monoisotopic (exact) mass is 356 g/mol. The molecule has 2 rings (SSSR count). The van der Waals surface area contributed by atoms with Crippen LogP contribution in [0.5, 0.6) is 0 Å². The molecule has 3 atom stereocenters. The molecule has 0 heterocycles. The molecule has 2 N–H and O–H groups in total. The lowest BCUT2D eigenvalue weighted by Crippen LogP contribution is -2.52. The molecule has 0 radical (unpaired) electrons. The molecule has 1 aromatic carbocycles. The summed E-state index contributed by atoms with van der Waals surface area (Å²) in [5.74, 6) is 0.510. The van der Waals surface area contributed by atoms with E-state index in [-0.39, 0.29) is 11.8 Å². The van der Waals surface area contributed by atoms with Crippen LogP contribution >= 0.6 is 0 Å². The first kappa shape index (κ1) is 20.9. The summed E-state index contributed by atoms with van der Waals surface area (Å²) in [5.41, 5.74) is 3.26. The third-order valence-corrected chi connectivity index (χ3v) is 5.74. The van der Waals surface area contributed by atoms with Crippen molar-refractivity contribution in [1.29, 1.82) is 0 Å². The van der Waals surface area contributed by atoms with Crippen molar-refractivity contribution in [2.24, 2.45) is 17.8 Å². The van der Waals surface area contributed by atoms with Crippen LogP contribution in [0.2, 0.25) is 0 Å². The molecule has 144 valence electrons. The predicted molar refractivity (Wildman–Crippen MR) is 111 cm³/mol. The molecule has 0 aliphatic heterocycles. The topological polar surface area (TPSA) is 40.5 Å². The van der Waals surface area contributed by atoms with Gasteiger partial charge < -0.3 is 10.2 Å². The van der Waals surface area contributed by atoms with Crippen LogP contribution in [-0.2, 0) is 0 Å². The fourth-order valence-electron chi connectivity index (χ4n) is 4.34. The first-order valence-corrected chi connectivity index (χ1v) is 10.2. The minimum atomic E-state index is -1.27. The highest BCUT2D eigenvalue weighted by molar-refractivity contribution is 5.81. The molecule has 0 aromatic heterocycles. The summed E-state index contributed by atoms with van der Waals surface area (Å²) < 4.78 is 0. The Bertz CT molecular complexity index is 652. The number of aliphatic hydroxyl groups is 2. The maximum atomic E-state index is 11.9. The van der Waals surface area contributed by atoms with E-state index in [2.05, 4.69) is 52.8 Å². The first-order valence-electron chi connectivity index (χ1n) is 10.2. The van der Waals surface area contributed by atoms with Crippen molar-refractivity contribution in [2.75, 3.05) is 0 Å². The van der Waals surface area contributed by atoms with Crippen molar-refractivity contribution in [1.82, 2.24) is 0 Å². The number of unbranched alkanes of at least 4 members (excludes halogenated alkanes) is 1. The summed E-state index contributed by atoms with van der Waals surface area (Å²) in [4.78, 5) is 0. The third-order valence-electron chi connectivity index (χ3n) is 5.74. The summed E-state index contributed by atoms with van der Waals surface area (Å²) in [7, 11) is 0. The van der Waals surface area contributed by atoms with Crippen LogP contribution in [0.15, 0.2) is 47.6 Å². The zero-order chi connectivity index (χ0) is 19.5. The summed E-state index contributed by atoms with van der Waals surface area (Å²) in [6, 6.07) is 10.2. The Hall–Kier alpha value is -1.38. The molecular weight excluding hydrogens is 320 g/mol. The lowest BCUT2D eigenvalue weighted by molar-refractivity contribution is -0.0619. The van der Waals surface area contributed by atoms with Crippen LogP contribution < -0.4 is 0 Å². The van der Waals surface area contributed by atoms with Crippen LogP contribution in [0.3, 0.4) is 0 Å². The fraction of sp³-hybridized carbons (Fsp3) is 0.583. The second-order valence-corrected chi connectivity index (χ2v) is 8.37. The van der Waals surface area contributed by atoms with Gasteiger partial charge in [-0.15, -0.1) is 0 Å². The van der Waals surface area contributed by atoms with Crippen molar-refractivity contribution < 1.29 is 10.2 Å². The summed E-state index contributed by atoms with van der Waals surface area (Å²) in [6.07, 6.45) is 4.53. The maximum Gasteiger partial charge on any atom is 0.122 e. The van der Waals surface area contributed by atoms with Gasteiger partial charge in [0.15, 0.2) is 0 Å². The molecule has 2 heteroatoms. The number of allylic oxidation sites excluding steroid dienone is 2. The van der Waals surface area contributed by atoms with E-state index in [1.54, 1.807) is 6.92 Å². The maximum absolute atomic E-state index is 11.9. The van der Waals surface area contributed by atoms with Gasteiger partial charge in [0.25, 0.3) is 0 Å². The molecule has 1 aromatic rings. The molecule has 1 aliphatic carbocycles. The Kier molecular flexibility index (Phi) is 6.87. The van der Waals surface area contributed by atoms with Gasteiger partial charge in [-0.25, -0.2) is 0 Å². The van der Waals surface area contributed by atoms with E-state index in [1.165, 1.54) is 11.1 Å². The van der Waals surface area contributed by atoms with Crippen LogP contribution in [-0.4, -0.2) is 21.9 Å². The summed E-state index contributed by atoms with van der Waals surface area (Å²) >= 11 is 0. The average molecular weight is 357 g/mol. The second kappa shape index (κ2) is 8.54. The predicted octanol–water partition coefficient (Wildman–Crippen LogP) is 5.61. The lowest BCUT2D eigenvalue weighted by atomic mass is 9.63. The van der Waals surface area contributed by atoms with Gasteiger partial charge in [-0.2, -0.15) is 0 Å². The number of benzene rings is 1. The van der Waals surface area contributed by atoms with Gasteiger partial charge in [-0.3, -0.25) is 0 Å². The van der Waals surface area contributed by atoms with E-state index in [1.807, 2.05) is 18.2 Å². The number of hydrogen-bond donors (Lipinski definition) is 2. The SMILES string of the molecule is CCCCC1=C(c2ccccc2)C(O)(C(C)O)C(C(C)C)C=C1C(C)C. The zero-order valence-electron chi connectivity index (χ0n) is 17.3. The van der Waals surface area contributed by atoms with Crippen LogP contribution in [0.4, 0.5) is 0 Å². The second-order valence-electron chi connectivity index (χ2n) is 8.37. The standard InChI is InChI=1S/C24H36O2/c1-7-8-14-20-21(16(2)3)15-22(17(4)5)24(26,18(6)25)23(20)19-12-10-9-11-13-19/h9-13,15-18,22,25-26H,7-8,14H2,1-6H3. The molecule has 0 bridgehead atoms. The fourth-order valence-corrected chi connectivity index (χ4v) is 4.34. The number of rotatable bonds is 7. The van der Waals surface area contributed by atoms with Crippen LogP contribution in [0.1, 0.15) is 66.4 Å². The number of aliphatic hydroxyl groups excluding tert-OH is 1. The quantitative estimate of drug-likeness (QED) is 0.666.